The molecule has 5 nitrogen and oxygen atoms in total. The van der Waals surface area contributed by atoms with E-state index in [1.54, 1.807) is 13.8 Å². The van der Waals surface area contributed by atoms with Crippen molar-refractivity contribution in [1.29, 1.82) is 0 Å². The van der Waals surface area contributed by atoms with Crippen LogP contribution in [-0.4, -0.2) is 37.5 Å². The second-order valence-corrected chi connectivity index (χ2v) is 8.51. The van der Waals surface area contributed by atoms with Gasteiger partial charge in [0.2, 0.25) is 15.9 Å². The van der Waals surface area contributed by atoms with Crippen LogP contribution in [0.1, 0.15) is 44.7 Å². The fraction of sp³-hybridized carbons (Fsp3) is 0.588. The lowest BCUT2D eigenvalue weighted by Gasteiger charge is -2.31. The lowest BCUT2D eigenvalue weighted by Crippen LogP contribution is -2.46. The molecule has 25 heavy (non-hydrogen) atoms. The SMILES string of the molecule is CCCS(=O)(=O)N1CCC[C@H](C(=O)N[C@@H](C)c2ccc(F)c(F)c2)C1. The van der Waals surface area contributed by atoms with Gasteiger partial charge in [0.25, 0.3) is 0 Å². The molecule has 0 radical (unpaired) electrons. The van der Waals surface area contributed by atoms with E-state index in [0.717, 1.165) is 12.1 Å². The van der Waals surface area contributed by atoms with Crippen LogP contribution in [0.2, 0.25) is 0 Å². The molecule has 1 saturated heterocycles. The molecule has 2 atom stereocenters. The summed E-state index contributed by atoms with van der Waals surface area (Å²) in [7, 11) is -3.33. The van der Waals surface area contributed by atoms with Gasteiger partial charge in [0, 0.05) is 13.1 Å². The van der Waals surface area contributed by atoms with E-state index in [1.807, 2.05) is 0 Å². The van der Waals surface area contributed by atoms with Gasteiger partial charge in [-0.05, 0) is 43.9 Å². The minimum absolute atomic E-state index is 0.0760. The quantitative estimate of drug-likeness (QED) is 0.832. The number of rotatable bonds is 6. The number of hydrogen-bond acceptors (Lipinski definition) is 3. The molecule has 140 valence electrons. The Bertz CT molecular complexity index is 725. The Balaban J connectivity index is 2.01. The lowest BCUT2D eigenvalue weighted by atomic mass is 9.98. The zero-order chi connectivity index (χ0) is 18.6. The third-order valence-corrected chi connectivity index (χ3v) is 6.46. The maximum atomic E-state index is 13.3. The molecule has 1 aliphatic heterocycles. The third kappa shape index (κ3) is 4.98. The van der Waals surface area contributed by atoms with Crippen LogP contribution in [0.5, 0.6) is 0 Å². The molecule has 1 aromatic carbocycles. The first-order chi connectivity index (χ1) is 11.7. The number of benzene rings is 1. The number of piperidine rings is 1. The average Bonchev–Trinajstić information content (AvgIpc) is 2.57. The van der Waals surface area contributed by atoms with Crippen LogP contribution < -0.4 is 5.32 Å². The number of carbonyl (C=O) groups is 1. The highest BCUT2D eigenvalue weighted by molar-refractivity contribution is 7.89. The molecule has 1 aliphatic rings. The van der Waals surface area contributed by atoms with Gasteiger partial charge < -0.3 is 5.32 Å². The Morgan fingerprint density at radius 1 is 1.36 bits per heavy atom. The molecular formula is C17H24F2N2O3S. The lowest BCUT2D eigenvalue weighted by molar-refractivity contribution is -0.126. The Hall–Kier alpha value is -1.54. The van der Waals surface area contributed by atoms with Crippen molar-refractivity contribution >= 4 is 15.9 Å². The standard InChI is InChI=1S/C17H24F2N2O3S/c1-3-9-25(23,24)21-8-4-5-14(11-21)17(22)20-12(2)13-6-7-15(18)16(19)10-13/h6-7,10,12,14H,3-5,8-9,11H2,1-2H3,(H,20,22)/t12-,14-/m0/s1. The van der Waals surface area contributed by atoms with E-state index in [1.165, 1.54) is 10.4 Å². The normalized spacial score (nSPS) is 20.2. The van der Waals surface area contributed by atoms with Gasteiger partial charge in [0.05, 0.1) is 17.7 Å². The smallest absolute Gasteiger partial charge is 0.224 e. The maximum absolute atomic E-state index is 13.3. The Morgan fingerprint density at radius 2 is 2.08 bits per heavy atom. The highest BCUT2D eigenvalue weighted by Gasteiger charge is 2.32. The fourth-order valence-electron chi connectivity index (χ4n) is 2.99. The molecule has 0 aliphatic carbocycles. The van der Waals surface area contributed by atoms with Gasteiger partial charge in [-0.2, -0.15) is 0 Å². The number of amides is 1. The minimum Gasteiger partial charge on any atom is -0.349 e. The predicted molar refractivity (Wildman–Crippen MR) is 91.3 cm³/mol. The van der Waals surface area contributed by atoms with Gasteiger partial charge in [-0.3, -0.25) is 4.79 Å². The summed E-state index contributed by atoms with van der Waals surface area (Å²) in [5.74, 6) is -2.53. The minimum atomic E-state index is -3.33. The van der Waals surface area contributed by atoms with Crippen molar-refractivity contribution in [2.45, 2.75) is 39.2 Å². The summed E-state index contributed by atoms with van der Waals surface area (Å²) in [6.45, 7) is 4.08. The van der Waals surface area contributed by atoms with Gasteiger partial charge in [0.15, 0.2) is 11.6 Å². The molecule has 2 rings (SSSR count). The van der Waals surface area contributed by atoms with E-state index in [9.17, 15) is 22.0 Å². The van der Waals surface area contributed by atoms with Gasteiger partial charge in [-0.1, -0.05) is 13.0 Å². The molecule has 1 N–H and O–H groups in total. The molecule has 1 heterocycles. The zero-order valence-electron chi connectivity index (χ0n) is 14.5. The highest BCUT2D eigenvalue weighted by atomic mass is 32.2. The molecule has 1 amide bonds. The van der Waals surface area contributed by atoms with Crippen LogP contribution in [0.25, 0.3) is 0 Å². The van der Waals surface area contributed by atoms with Crippen LogP contribution >= 0.6 is 0 Å². The van der Waals surface area contributed by atoms with E-state index in [2.05, 4.69) is 5.32 Å². The van der Waals surface area contributed by atoms with Crippen molar-refractivity contribution in [1.82, 2.24) is 9.62 Å². The number of nitrogens with zero attached hydrogens (tertiary/aromatic N) is 1. The molecule has 0 saturated carbocycles. The fourth-order valence-corrected chi connectivity index (χ4v) is 4.58. The summed E-state index contributed by atoms with van der Waals surface area (Å²) in [6.07, 6.45) is 1.76. The van der Waals surface area contributed by atoms with Gasteiger partial charge in [0.1, 0.15) is 0 Å². The highest BCUT2D eigenvalue weighted by Crippen LogP contribution is 2.22. The Kier molecular flexibility index (Phi) is 6.51. The number of hydrogen-bond donors (Lipinski definition) is 1. The van der Waals surface area contributed by atoms with Crippen LogP contribution in [-0.2, 0) is 14.8 Å². The summed E-state index contributed by atoms with van der Waals surface area (Å²) < 4.78 is 52.1. The summed E-state index contributed by atoms with van der Waals surface area (Å²) in [5, 5.41) is 2.77. The molecule has 8 heteroatoms. The van der Waals surface area contributed by atoms with Crippen molar-refractivity contribution in [2.75, 3.05) is 18.8 Å². The topological polar surface area (TPSA) is 66.5 Å². The predicted octanol–water partition coefficient (Wildman–Crippen LogP) is 2.59. The second kappa shape index (κ2) is 8.23. The van der Waals surface area contributed by atoms with E-state index < -0.39 is 33.6 Å². The monoisotopic (exact) mass is 374 g/mol. The zero-order valence-corrected chi connectivity index (χ0v) is 15.3. The molecule has 1 fully saturated rings. The molecule has 0 unspecified atom stereocenters. The van der Waals surface area contributed by atoms with Crippen molar-refractivity contribution in [3.05, 3.63) is 35.4 Å². The number of halogens is 2. The van der Waals surface area contributed by atoms with Crippen molar-refractivity contribution in [2.24, 2.45) is 5.92 Å². The van der Waals surface area contributed by atoms with Crippen molar-refractivity contribution in [3.63, 3.8) is 0 Å². The van der Waals surface area contributed by atoms with E-state index in [-0.39, 0.29) is 18.2 Å². The molecule has 0 spiro atoms. The number of carbonyl (C=O) groups excluding carboxylic acids is 1. The average molecular weight is 374 g/mol. The van der Waals surface area contributed by atoms with Gasteiger partial charge in [-0.15, -0.1) is 0 Å². The van der Waals surface area contributed by atoms with E-state index in [4.69, 9.17) is 0 Å². The maximum Gasteiger partial charge on any atom is 0.224 e. The molecule has 1 aromatic rings. The van der Waals surface area contributed by atoms with E-state index in [0.29, 0.717) is 31.4 Å². The summed E-state index contributed by atoms with van der Waals surface area (Å²) in [5.41, 5.74) is 0.457. The second-order valence-electron chi connectivity index (χ2n) is 6.42. The summed E-state index contributed by atoms with van der Waals surface area (Å²) >= 11 is 0. The van der Waals surface area contributed by atoms with Gasteiger partial charge in [-0.25, -0.2) is 21.5 Å². The van der Waals surface area contributed by atoms with Crippen molar-refractivity contribution < 1.29 is 22.0 Å². The van der Waals surface area contributed by atoms with Crippen LogP contribution in [0.15, 0.2) is 18.2 Å². The first-order valence-corrected chi connectivity index (χ1v) is 10.1. The van der Waals surface area contributed by atoms with Crippen molar-refractivity contribution in [3.8, 4) is 0 Å². The largest absolute Gasteiger partial charge is 0.349 e. The number of nitrogens with one attached hydrogen (secondary N) is 1. The van der Waals surface area contributed by atoms with Crippen LogP contribution in [0.4, 0.5) is 8.78 Å². The Morgan fingerprint density at radius 3 is 2.72 bits per heavy atom. The summed E-state index contributed by atoms with van der Waals surface area (Å²) in [4.78, 5) is 12.5. The van der Waals surface area contributed by atoms with Crippen LogP contribution in [0.3, 0.4) is 0 Å². The first-order valence-electron chi connectivity index (χ1n) is 8.47. The first kappa shape index (κ1) is 19.8. The summed E-state index contributed by atoms with van der Waals surface area (Å²) in [6, 6.07) is 3.00. The van der Waals surface area contributed by atoms with E-state index >= 15 is 0 Å². The number of sulfonamides is 1. The third-order valence-electron chi connectivity index (χ3n) is 4.41. The van der Waals surface area contributed by atoms with Gasteiger partial charge >= 0.3 is 0 Å². The Labute approximate surface area is 147 Å². The molecule has 0 aromatic heterocycles. The molecule has 0 bridgehead atoms. The van der Waals surface area contributed by atoms with Crippen LogP contribution in [0, 0.1) is 17.6 Å². The molecular weight excluding hydrogens is 350 g/mol.